The second-order valence-electron chi connectivity index (χ2n) is 15.5. The van der Waals surface area contributed by atoms with Crippen LogP contribution in [0.25, 0.3) is 0 Å². The maximum atomic E-state index is 13.4. The standard InChI is InChI=1S/C43H62O21/c1-3-4-5-6-7-8-10-13-24(48)14-11-9-12-15-30(51)62-40-37(57)39(31-23(18-44)16-25(49)17-26(31)50)59-28(20-46)38(40)63-43-41(35(55)33(53)29(61-43)21-58-22(2)47)64-42-36(56)34(54)32(52)27(19-45)60-42/h7-13,15-17,24,27-29,32-46,48-50,52-57H,3-6,14,18-21H2,1-2H3/b8-7+,11-9+,13-10+,15-12+/t24-,27-,28-,29-,32+,33+,34+,35+,36-,37+,38-,39+,40-,41-,42+,43+/m1/s1. The summed E-state index contributed by atoms with van der Waals surface area (Å²) in [6.45, 7) is -0.107. The van der Waals surface area contributed by atoms with Crippen LogP contribution in [0.1, 0.15) is 63.2 Å². The Labute approximate surface area is 369 Å². The minimum Gasteiger partial charge on any atom is -0.508 e. The number of esters is 2. The van der Waals surface area contributed by atoms with Gasteiger partial charge in [-0.05, 0) is 30.9 Å². The summed E-state index contributed by atoms with van der Waals surface area (Å²) in [7, 11) is 0. The Bertz CT molecular complexity index is 1730. The zero-order valence-electron chi connectivity index (χ0n) is 35.4. The molecular formula is C43H62O21. The minimum absolute atomic E-state index is 0.123. The third-order valence-electron chi connectivity index (χ3n) is 10.7. The van der Waals surface area contributed by atoms with Crippen molar-refractivity contribution in [3.63, 3.8) is 0 Å². The predicted molar refractivity (Wildman–Crippen MR) is 218 cm³/mol. The molecule has 3 fully saturated rings. The van der Waals surface area contributed by atoms with Crippen molar-refractivity contribution < 1.29 is 104 Å². The third-order valence-corrected chi connectivity index (χ3v) is 10.7. The van der Waals surface area contributed by atoms with Crippen molar-refractivity contribution in [3.8, 4) is 11.5 Å². The number of carbonyl (C=O) groups excluding carboxylic acids is 2. The number of rotatable bonds is 21. The van der Waals surface area contributed by atoms with Gasteiger partial charge in [0.15, 0.2) is 18.7 Å². The molecule has 0 amide bonds. The zero-order valence-corrected chi connectivity index (χ0v) is 35.4. The molecule has 21 nitrogen and oxygen atoms in total. The number of phenols is 2. The highest BCUT2D eigenvalue weighted by atomic mass is 16.8. The summed E-state index contributed by atoms with van der Waals surface area (Å²) >= 11 is 0. The number of aromatic hydroxyl groups is 2. The maximum Gasteiger partial charge on any atom is 0.331 e. The highest BCUT2D eigenvalue weighted by Gasteiger charge is 2.55. The molecule has 3 aliphatic heterocycles. The van der Waals surface area contributed by atoms with Gasteiger partial charge < -0.3 is 94.4 Å². The number of carbonyl (C=O) groups is 2. The first kappa shape index (κ1) is 52.7. The van der Waals surface area contributed by atoms with Crippen LogP contribution in [0.5, 0.6) is 11.5 Å². The summed E-state index contributed by atoms with van der Waals surface area (Å²) in [5.41, 5.74) is -0.386. The van der Waals surface area contributed by atoms with Crippen molar-refractivity contribution in [2.24, 2.45) is 0 Å². The first-order valence-electron chi connectivity index (χ1n) is 21.0. The van der Waals surface area contributed by atoms with Gasteiger partial charge in [-0.3, -0.25) is 4.79 Å². The molecule has 12 N–H and O–H groups in total. The van der Waals surface area contributed by atoms with Crippen LogP contribution in [0, 0.1) is 0 Å². The lowest BCUT2D eigenvalue weighted by Crippen LogP contribution is -2.66. The molecule has 0 unspecified atom stereocenters. The van der Waals surface area contributed by atoms with Crippen LogP contribution in [0.3, 0.4) is 0 Å². The van der Waals surface area contributed by atoms with Gasteiger partial charge in [0, 0.05) is 24.6 Å². The first-order valence-corrected chi connectivity index (χ1v) is 21.0. The Kier molecular flexibility index (Phi) is 21.2. The molecule has 3 aliphatic rings. The van der Waals surface area contributed by atoms with E-state index in [1.165, 1.54) is 12.2 Å². The van der Waals surface area contributed by atoms with Gasteiger partial charge in [-0.2, -0.15) is 0 Å². The fourth-order valence-corrected chi connectivity index (χ4v) is 7.30. The number of hydrogen-bond donors (Lipinski definition) is 12. The number of benzene rings is 1. The van der Waals surface area contributed by atoms with Crippen molar-refractivity contribution in [1.29, 1.82) is 0 Å². The lowest BCUT2D eigenvalue weighted by Gasteiger charge is -2.49. The van der Waals surface area contributed by atoms with Gasteiger partial charge in [-0.25, -0.2) is 4.79 Å². The molecule has 21 heteroatoms. The Morgan fingerprint density at radius 2 is 1.41 bits per heavy atom. The van der Waals surface area contributed by atoms with Crippen LogP contribution in [0.2, 0.25) is 0 Å². The Morgan fingerprint density at radius 3 is 2.08 bits per heavy atom. The van der Waals surface area contributed by atoms with Gasteiger partial charge in [0.25, 0.3) is 0 Å². The Balaban J connectivity index is 1.65. The van der Waals surface area contributed by atoms with E-state index in [1.54, 1.807) is 18.2 Å². The maximum absolute atomic E-state index is 13.4. The molecule has 0 saturated carbocycles. The zero-order chi connectivity index (χ0) is 47.1. The second kappa shape index (κ2) is 25.7. The number of hydrogen-bond acceptors (Lipinski definition) is 21. The van der Waals surface area contributed by atoms with Crippen molar-refractivity contribution in [3.05, 3.63) is 71.9 Å². The van der Waals surface area contributed by atoms with Gasteiger partial charge >= 0.3 is 11.9 Å². The molecule has 0 bridgehead atoms. The quantitative estimate of drug-likeness (QED) is 0.0287. The van der Waals surface area contributed by atoms with Crippen LogP contribution in [0.15, 0.2) is 60.7 Å². The van der Waals surface area contributed by atoms with Crippen LogP contribution in [-0.4, -0.2) is 185 Å². The number of unbranched alkanes of at least 4 members (excludes halogenated alkanes) is 3. The summed E-state index contributed by atoms with van der Waals surface area (Å²) < 4.78 is 40.0. The summed E-state index contributed by atoms with van der Waals surface area (Å²) in [5.74, 6) is -3.03. The molecule has 3 saturated heterocycles. The first-order chi connectivity index (χ1) is 30.6. The van der Waals surface area contributed by atoms with Gasteiger partial charge in [-0.1, -0.05) is 62.3 Å². The van der Waals surface area contributed by atoms with E-state index in [4.69, 9.17) is 33.2 Å². The number of ether oxygens (including phenoxy) is 7. The normalized spacial score (nSPS) is 34.2. The summed E-state index contributed by atoms with van der Waals surface area (Å²) in [6, 6.07) is 1.96. The van der Waals surface area contributed by atoms with Crippen molar-refractivity contribution in [2.45, 2.75) is 151 Å². The van der Waals surface area contributed by atoms with Crippen molar-refractivity contribution in [2.75, 3.05) is 19.8 Å². The molecule has 0 aromatic heterocycles. The average Bonchev–Trinajstić information content (AvgIpc) is 3.26. The van der Waals surface area contributed by atoms with Gasteiger partial charge in [0.05, 0.1) is 25.9 Å². The Hall–Kier alpha value is -3.88. The van der Waals surface area contributed by atoms with Crippen molar-refractivity contribution in [1.82, 2.24) is 0 Å². The van der Waals surface area contributed by atoms with Gasteiger partial charge in [0.2, 0.25) is 0 Å². The topological polar surface area (TPSA) is 342 Å². The molecule has 0 aliphatic carbocycles. The molecule has 0 spiro atoms. The summed E-state index contributed by atoms with van der Waals surface area (Å²) in [5, 5.41) is 128. The molecule has 360 valence electrons. The predicted octanol–water partition coefficient (Wildman–Crippen LogP) is -1.57. The molecule has 1 aromatic carbocycles. The third kappa shape index (κ3) is 14.1. The minimum atomic E-state index is -2.06. The van der Waals surface area contributed by atoms with E-state index in [9.17, 15) is 70.9 Å². The van der Waals surface area contributed by atoms with Crippen LogP contribution in [0.4, 0.5) is 0 Å². The van der Waals surface area contributed by atoms with Crippen LogP contribution in [-0.2, 0) is 49.4 Å². The molecule has 4 rings (SSSR count). The van der Waals surface area contributed by atoms with Crippen molar-refractivity contribution >= 4 is 11.9 Å². The fourth-order valence-electron chi connectivity index (χ4n) is 7.30. The molecule has 64 heavy (non-hydrogen) atoms. The lowest BCUT2D eigenvalue weighted by molar-refractivity contribution is -0.383. The van der Waals surface area contributed by atoms with E-state index in [0.717, 1.165) is 50.8 Å². The highest BCUT2D eigenvalue weighted by Crippen LogP contribution is 2.43. The molecule has 0 radical (unpaired) electrons. The molecule has 1 aromatic rings. The van der Waals surface area contributed by atoms with E-state index in [2.05, 4.69) is 6.92 Å². The SMILES string of the molecule is CCCCC/C=C/C=C/[C@@H](O)C/C=C/C=C/C(=O)O[C@@H]1[C@@H](O)[C@H](c2c(O)cc(O)cc2CO)O[C@H](CO)[C@H]1O[C@@H]1O[C@H](COC(C)=O)[C@H](O)[C@H](O)[C@H]1O[C@@H]1O[C@H](CO)[C@H](O)[C@H](O)[C@H]1O. The Morgan fingerprint density at radius 1 is 0.734 bits per heavy atom. The van der Waals surface area contributed by atoms with E-state index in [-0.39, 0.29) is 17.5 Å². The monoisotopic (exact) mass is 914 g/mol. The number of phenolic OH excluding ortho intramolecular Hbond substituents is 2. The second-order valence-corrected chi connectivity index (χ2v) is 15.5. The molecule has 16 atom stereocenters. The highest BCUT2D eigenvalue weighted by molar-refractivity contribution is 5.82. The number of aliphatic hydroxyl groups excluding tert-OH is 10. The van der Waals surface area contributed by atoms with Crippen LogP contribution >= 0.6 is 0 Å². The number of allylic oxidation sites excluding steroid dienone is 5. The van der Waals surface area contributed by atoms with Gasteiger partial charge in [0.1, 0.15) is 91.4 Å². The average molecular weight is 915 g/mol. The largest absolute Gasteiger partial charge is 0.508 e. The lowest BCUT2D eigenvalue weighted by atomic mass is 9.88. The smallest absolute Gasteiger partial charge is 0.331 e. The fraction of sp³-hybridized carbons (Fsp3) is 0.628. The van der Waals surface area contributed by atoms with Gasteiger partial charge in [-0.15, -0.1) is 0 Å². The van der Waals surface area contributed by atoms with Crippen LogP contribution < -0.4 is 0 Å². The summed E-state index contributed by atoms with van der Waals surface area (Å²) in [6.07, 6.45) is -11.7. The molecule has 3 heterocycles. The van der Waals surface area contributed by atoms with E-state index in [1.807, 2.05) is 12.2 Å². The number of aliphatic hydroxyl groups is 10. The van der Waals surface area contributed by atoms with E-state index >= 15 is 0 Å². The summed E-state index contributed by atoms with van der Waals surface area (Å²) in [4.78, 5) is 25.1. The van der Waals surface area contributed by atoms with E-state index < -0.39 is 148 Å². The van der Waals surface area contributed by atoms with E-state index in [0.29, 0.717) is 0 Å². The molecular weight excluding hydrogens is 852 g/mol.